The Morgan fingerprint density at radius 3 is 2.28 bits per heavy atom. The van der Waals surface area contributed by atoms with Crippen molar-refractivity contribution >= 4 is 69.2 Å². The number of carbonyl (C=O) groups excluding carboxylic acids is 4. The predicted octanol–water partition coefficient (Wildman–Crippen LogP) is 8.90. The molecule has 2 unspecified atom stereocenters. The molecule has 2 aliphatic heterocycles. The number of aliphatic hydroxyl groups is 1. The Balaban J connectivity index is 0.767. The molecule has 2 fully saturated rings. The molecule has 1 saturated heterocycles. The zero-order chi connectivity index (χ0) is 52.6. The van der Waals surface area contributed by atoms with Crippen LogP contribution in [0.2, 0.25) is 5.02 Å². The second-order valence-corrected chi connectivity index (χ2v) is 23.4. The van der Waals surface area contributed by atoms with Crippen LogP contribution in [0.4, 0.5) is 5.69 Å². The van der Waals surface area contributed by atoms with Crippen LogP contribution >= 0.6 is 34.3 Å². The molecule has 74 heavy (non-hydrogen) atoms. The number of thiophene rings is 1. The van der Waals surface area contributed by atoms with Crippen molar-refractivity contribution in [1.82, 2.24) is 35.7 Å². The number of aliphatic imine (C=N–C) groups is 1. The molecule has 0 bridgehead atoms. The van der Waals surface area contributed by atoms with E-state index >= 15 is 0 Å². The fourth-order valence-electron chi connectivity index (χ4n) is 10.4. The highest BCUT2D eigenvalue weighted by Gasteiger charge is 2.47. The maximum Gasteiger partial charge on any atom is 0.246 e. The lowest BCUT2D eigenvalue weighted by Gasteiger charge is -2.33. The van der Waals surface area contributed by atoms with E-state index in [0.29, 0.717) is 23.8 Å². The number of Topliss-reactive ketones (excluding diaryl/α,β-unsaturated/α-hetero) is 1. The van der Waals surface area contributed by atoms with Crippen LogP contribution in [0, 0.1) is 44.9 Å². The summed E-state index contributed by atoms with van der Waals surface area (Å²) < 4.78 is 8.18. The van der Waals surface area contributed by atoms with Gasteiger partial charge in [0.15, 0.2) is 11.6 Å². The molecule has 1 saturated carbocycles. The number of nitrogens with zero attached hydrogens (tertiary/aromatic N) is 6. The third-order valence-corrected chi connectivity index (χ3v) is 17.0. The number of anilines is 1. The van der Waals surface area contributed by atoms with Crippen molar-refractivity contribution in [3.8, 4) is 15.4 Å². The van der Waals surface area contributed by atoms with E-state index in [1.807, 2.05) is 124 Å². The number of hydrogen-bond acceptors (Lipinski definition) is 13. The van der Waals surface area contributed by atoms with Gasteiger partial charge in [-0.05, 0) is 106 Å². The smallest absolute Gasteiger partial charge is 0.246 e. The van der Waals surface area contributed by atoms with Gasteiger partial charge in [-0.15, -0.1) is 32.9 Å². The molecule has 15 nitrogen and oxygen atoms in total. The van der Waals surface area contributed by atoms with Gasteiger partial charge in [0.1, 0.15) is 23.5 Å². The highest BCUT2D eigenvalue weighted by molar-refractivity contribution is 7.15. The number of aliphatic hydroxyl groups excluding tert-OH is 1. The van der Waals surface area contributed by atoms with E-state index in [0.717, 1.165) is 72.7 Å². The van der Waals surface area contributed by atoms with E-state index in [9.17, 15) is 24.3 Å². The SMILES string of the molecule is Cc1ncsc1-c1ccc(CNC(=O)[C@@H]2C[C@@H](O)CC2C(=O)C(NC(=O)CO[C@H]2CCN(c3ccc([C@@H](C)NC(=O)C[C@@H]4N=C(c5ccc(Cl)cc5)c5c(sc(C)c5C)-n5c(C)nnc54)cc3)C2)C(C)(C)C)cc1. The summed E-state index contributed by atoms with van der Waals surface area (Å²) in [7, 11) is 0. The van der Waals surface area contributed by atoms with Gasteiger partial charge in [-0.1, -0.05) is 80.9 Å². The van der Waals surface area contributed by atoms with Crippen molar-refractivity contribution in [3.05, 3.63) is 133 Å². The second kappa shape index (κ2) is 22.0. The lowest BCUT2D eigenvalue weighted by Crippen LogP contribution is -2.53. The molecule has 5 heterocycles. The fourth-order valence-corrected chi connectivity index (χ4v) is 12.5. The monoisotopic (exact) mass is 1060 g/mol. The summed E-state index contributed by atoms with van der Waals surface area (Å²) in [4.78, 5) is 69.3. The van der Waals surface area contributed by atoms with Crippen molar-refractivity contribution in [1.29, 1.82) is 0 Å². The van der Waals surface area contributed by atoms with Crippen molar-refractivity contribution in [2.45, 2.75) is 118 Å². The van der Waals surface area contributed by atoms with Crippen LogP contribution in [-0.4, -0.2) is 92.0 Å². The van der Waals surface area contributed by atoms with Crippen LogP contribution in [0.3, 0.4) is 0 Å². The number of rotatable bonds is 16. The average molecular weight is 1060 g/mol. The van der Waals surface area contributed by atoms with Crippen molar-refractivity contribution < 1.29 is 29.0 Å². The number of thiazole rings is 1. The van der Waals surface area contributed by atoms with Crippen LogP contribution < -0.4 is 20.9 Å². The van der Waals surface area contributed by atoms with Crippen LogP contribution in [-0.2, 0) is 30.5 Å². The standard InChI is InChI=1S/C56H64ClN9O6S2/c1-30-33(4)74-55-48(30)49(37-13-17-39(57)18-14-37)61-45(53-64-63-34(5)66(53)55)25-46(68)60-31(2)36-15-19-40(20-16-36)65-22-21-42(27-65)72-28-47(69)62-52(56(6,7)8)50(70)43-23-41(67)24-44(43)54(71)58-26-35-9-11-38(12-10-35)51-32(3)59-29-73-51/h9-20,29,31,41-45,52,67H,21-28H2,1-8H3,(H,58,71)(H,60,68)(H,62,69)/t31-,41+,42+,43?,44-,45+,52?/m1/s1. The van der Waals surface area contributed by atoms with Crippen molar-refractivity contribution in [3.63, 3.8) is 0 Å². The third kappa shape index (κ3) is 11.4. The minimum absolute atomic E-state index is 0.0705. The first kappa shape index (κ1) is 52.7. The second-order valence-electron chi connectivity index (χ2n) is 20.9. The number of ether oxygens (including phenoxy) is 1. The largest absolute Gasteiger partial charge is 0.393 e. The molecule has 6 aromatic rings. The number of aryl methyl sites for hydroxylation is 3. The Morgan fingerprint density at radius 1 is 0.892 bits per heavy atom. The molecule has 18 heteroatoms. The molecule has 0 spiro atoms. The molecular formula is C56H64ClN9O6S2. The number of hydrogen-bond donors (Lipinski definition) is 4. The first-order valence-corrected chi connectivity index (χ1v) is 27.3. The Hall–Kier alpha value is -6.11. The van der Waals surface area contributed by atoms with Gasteiger partial charge in [0.2, 0.25) is 17.7 Å². The highest BCUT2D eigenvalue weighted by Crippen LogP contribution is 2.41. The molecule has 1 aliphatic carbocycles. The lowest BCUT2D eigenvalue weighted by atomic mass is 9.77. The topological polar surface area (TPSA) is 193 Å². The Morgan fingerprint density at radius 2 is 1.59 bits per heavy atom. The molecule has 3 amide bonds. The highest BCUT2D eigenvalue weighted by atomic mass is 35.5. The molecule has 3 aliphatic rings. The zero-order valence-corrected chi connectivity index (χ0v) is 45.5. The van der Waals surface area contributed by atoms with Gasteiger partial charge in [-0.3, -0.25) is 28.7 Å². The van der Waals surface area contributed by atoms with Gasteiger partial charge in [-0.2, -0.15) is 0 Å². The molecule has 0 radical (unpaired) electrons. The van der Waals surface area contributed by atoms with E-state index < -0.39 is 41.3 Å². The van der Waals surface area contributed by atoms with Gasteiger partial charge in [0.05, 0.1) is 58.4 Å². The Bertz CT molecular complexity index is 3070. The molecule has 4 N–H and O–H groups in total. The normalized spacial score (nSPS) is 20.3. The maximum absolute atomic E-state index is 14.3. The molecular weight excluding hydrogens is 994 g/mol. The number of carbonyl (C=O) groups is 4. The minimum Gasteiger partial charge on any atom is -0.393 e. The van der Waals surface area contributed by atoms with E-state index in [-0.39, 0.29) is 62.2 Å². The number of benzene rings is 3. The number of ketones is 1. The average Bonchev–Trinajstić information content (AvgIpc) is 4.23. The van der Waals surface area contributed by atoms with Crippen LogP contribution in [0.1, 0.15) is 115 Å². The van der Waals surface area contributed by atoms with Crippen LogP contribution in [0.5, 0.6) is 0 Å². The van der Waals surface area contributed by atoms with Gasteiger partial charge < -0.3 is 30.7 Å². The van der Waals surface area contributed by atoms with Crippen LogP contribution in [0.15, 0.2) is 83.3 Å². The summed E-state index contributed by atoms with van der Waals surface area (Å²) >= 11 is 9.54. The number of amides is 3. The number of nitrogens with one attached hydrogen (secondary N) is 3. The van der Waals surface area contributed by atoms with Crippen molar-refractivity contribution in [2.75, 3.05) is 24.6 Å². The summed E-state index contributed by atoms with van der Waals surface area (Å²) in [5, 5.41) is 30.4. The summed E-state index contributed by atoms with van der Waals surface area (Å²) in [6, 6.07) is 21.9. The minimum atomic E-state index is -0.898. The van der Waals surface area contributed by atoms with E-state index in [1.54, 1.807) is 22.7 Å². The van der Waals surface area contributed by atoms with E-state index in [2.05, 4.69) is 49.9 Å². The molecule has 9 rings (SSSR count). The van der Waals surface area contributed by atoms with Gasteiger partial charge in [0, 0.05) is 52.3 Å². The van der Waals surface area contributed by atoms with Gasteiger partial charge in [-0.25, -0.2) is 4.98 Å². The molecule has 7 atom stereocenters. The number of fused-ring (bicyclic) bond motifs is 3. The number of aromatic nitrogens is 4. The first-order valence-electron chi connectivity index (χ1n) is 25.2. The zero-order valence-electron chi connectivity index (χ0n) is 43.1. The predicted molar refractivity (Wildman–Crippen MR) is 290 cm³/mol. The summed E-state index contributed by atoms with van der Waals surface area (Å²) in [6.45, 7) is 17.0. The summed E-state index contributed by atoms with van der Waals surface area (Å²) in [5.74, 6) is -1.28. The lowest BCUT2D eigenvalue weighted by molar-refractivity contribution is -0.138. The van der Waals surface area contributed by atoms with Crippen LogP contribution in [0.25, 0.3) is 15.4 Å². The van der Waals surface area contributed by atoms with E-state index in [1.165, 1.54) is 4.88 Å². The van der Waals surface area contributed by atoms with Gasteiger partial charge >= 0.3 is 0 Å². The molecule has 388 valence electrons. The Labute approximate surface area is 445 Å². The number of halogens is 1. The fraction of sp³-hybridized carbons (Fsp3) is 0.429. The van der Waals surface area contributed by atoms with E-state index in [4.69, 9.17) is 21.3 Å². The third-order valence-electron chi connectivity index (χ3n) is 14.6. The van der Waals surface area contributed by atoms with Gasteiger partial charge in [0.25, 0.3) is 0 Å². The maximum atomic E-state index is 14.3. The summed E-state index contributed by atoms with van der Waals surface area (Å²) in [5.41, 5.74) is 9.85. The summed E-state index contributed by atoms with van der Waals surface area (Å²) in [6.07, 6.45) is 0.0777. The Kier molecular flexibility index (Phi) is 15.7. The van der Waals surface area contributed by atoms with Crippen molar-refractivity contribution in [2.24, 2.45) is 22.2 Å². The quantitative estimate of drug-likeness (QED) is 0.0728. The molecule has 3 aromatic heterocycles. The first-order chi connectivity index (χ1) is 35.3. The molecule has 3 aromatic carbocycles.